The molecule has 0 unspecified atom stereocenters. The third-order valence-electron chi connectivity index (χ3n) is 1.34. The van der Waals surface area contributed by atoms with E-state index in [9.17, 15) is 0 Å². The molecule has 12 heavy (non-hydrogen) atoms. The van der Waals surface area contributed by atoms with Crippen LogP contribution < -0.4 is 0 Å². The second-order valence-electron chi connectivity index (χ2n) is 2.18. The van der Waals surface area contributed by atoms with Crippen LogP contribution in [-0.4, -0.2) is 20.0 Å². The summed E-state index contributed by atoms with van der Waals surface area (Å²) in [4.78, 5) is 0. The van der Waals surface area contributed by atoms with Crippen LogP contribution in [0, 0.1) is 3.57 Å². The molecular weight excluding hydrogens is 267 g/mol. The average molecular weight is 272 g/mol. The highest BCUT2D eigenvalue weighted by molar-refractivity contribution is 14.1. The maximum Gasteiger partial charge on any atom is 0.175 e. The molecule has 2 aromatic heterocycles. The van der Waals surface area contributed by atoms with Gasteiger partial charge in [-0.05, 0) is 34.7 Å². The van der Waals surface area contributed by atoms with Gasteiger partial charge in [0.1, 0.15) is 0 Å². The zero-order valence-electron chi connectivity index (χ0n) is 6.05. The summed E-state index contributed by atoms with van der Waals surface area (Å²) in [6.07, 6.45) is 5.30. The molecule has 0 aliphatic rings. The fourth-order valence-corrected chi connectivity index (χ4v) is 1.23. The Morgan fingerprint density at radius 1 is 1.42 bits per heavy atom. The van der Waals surface area contributed by atoms with Gasteiger partial charge in [0, 0.05) is 12.4 Å². The first kappa shape index (κ1) is 7.66. The molecule has 0 aliphatic heterocycles. The maximum atomic E-state index is 4.09. The maximum absolute atomic E-state index is 4.09. The van der Waals surface area contributed by atoms with E-state index in [1.54, 1.807) is 17.1 Å². The van der Waals surface area contributed by atoms with Crippen LogP contribution in [0.3, 0.4) is 0 Å². The summed E-state index contributed by atoms with van der Waals surface area (Å²) in [5.74, 6) is 0.736. The second kappa shape index (κ2) is 3.18. The van der Waals surface area contributed by atoms with Gasteiger partial charge in [0.15, 0.2) is 5.82 Å². The van der Waals surface area contributed by atoms with E-state index in [1.807, 2.05) is 18.3 Å². The summed E-state index contributed by atoms with van der Waals surface area (Å²) < 4.78 is 2.77. The number of aromatic nitrogens is 4. The van der Waals surface area contributed by atoms with E-state index in [0.29, 0.717) is 0 Å². The zero-order chi connectivity index (χ0) is 8.39. The molecule has 2 rings (SSSR count). The van der Waals surface area contributed by atoms with Crippen molar-refractivity contribution in [1.29, 1.82) is 0 Å². The van der Waals surface area contributed by atoms with Crippen LogP contribution >= 0.6 is 22.6 Å². The summed E-state index contributed by atoms with van der Waals surface area (Å²) in [6.45, 7) is 0. The van der Waals surface area contributed by atoms with E-state index in [0.717, 1.165) is 9.39 Å². The van der Waals surface area contributed by atoms with Crippen molar-refractivity contribution < 1.29 is 0 Å². The van der Waals surface area contributed by atoms with Gasteiger partial charge < -0.3 is 0 Å². The highest BCUT2D eigenvalue weighted by Crippen LogP contribution is 2.05. The molecule has 0 bridgehead atoms. The minimum absolute atomic E-state index is 0.736. The molecule has 2 aromatic rings. The monoisotopic (exact) mass is 272 g/mol. The third-order valence-corrected chi connectivity index (χ3v) is 1.90. The molecule has 0 spiro atoms. The minimum Gasteiger partial charge on any atom is -0.220 e. The van der Waals surface area contributed by atoms with Crippen molar-refractivity contribution in [1.82, 2.24) is 20.0 Å². The highest BCUT2D eigenvalue weighted by atomic mass is 127. The topological polar surface area (TPSA) is 43.6 Å². The Morgan fingerprint density at radius 3 is 2.92 bits per heavy atom. The van der Waals surface area contributed by atoms with E-state index < -0.39 is 0 Å². The summed E-state index contributed by atoms with van der Waals surface area (Å²) in [7, 11) is 0. The van der Waals surface area contributed by atoms with Crippen molar-refractivity contribution in [3.63, 3.8) is 0 Å². The van der Waals surface area contributed by atoms with Crippen LogP contribution in [0.15, 0.2) is 30.7 Å². The standard InChI is InChI=1S/C7H5IN4/c8-6-4-10-12(5-6)7-2-1-3-9-11-7/h1-5H. The van der Waals surface area contributed by atoms with Gasteiger partial charge in [-0.1, -0.05) is 0 Å². The van der Waals surface area contributed by atoms with Gasteiger partial charge in [0.2, 0.25) is 0 Å². The first-order valence-corrected chi connectivity index (χ1v) is 4.42. The lowest BCUT2D eigenvalue weighted by atomic mass is 10.5. The molecule has 2 heterocycles. The molecule has 4 nitrogen and oxygen atoms in total. The molecule has 0 aromatic carbocycles. The highest BCUT2D eigenvalue weighted by Gasteiger charge is 1.97. The largest absolute Gasteiger partial charge is 0.220 e. The Bertz CT molecular complexity index is 370. The van der Waals surface area contributed by atoms with Crippen LogP contribution in [-0.2, 0) is 0 Å². The molecule has 0 N–H and O–H groups in total. The number of hydrogen-bond acceptors (Lipinski definition) is 3. The summed E-state index contributed by atoms with van der Waals surface area (Å²) >= 11 is 2.20. The molecule has 0 aliphatic carbocycles. The Balaban J connectivity index is 2.45. The lowest BCUT2D eigenvalue weighted by Gasteiger charge is -1.95. The van der Waals surface area contributed by atoms with Gasteiger partial charge in [-0.15, -0.1) is 5.10 Å². The fourth-order valence-electron chi connectivity index (χ4n) is 0.842. The Kier molecular flexibility index (Phi) is 2.03. The molecule has 5 heteroatoms. The predicted molar refractivity (Wildman–Crippen MR) is 51.9 cm³/mol. The van der Waals surface area contributed by atoms with Crippen molar-refractivity contribution in [3.05, 3.63) is 34.3 Å². The smallest absolute Gasteiger partial charge is 0.175 e. The van der Waals surface area contributed by atoms with Crippen molar-refractivity contribution in [2.24, 2.45) is 0 Å². The van der Waals surface area contributed by atoms with E-state index in [4.69, 9.17) is 0 Å². The van der Waals surface area contributed by atoms with Crippen molar-refractivity contribution in [2.45, 2.75) is 0 Å². The Hall–Kier alpha value is -0.980. The summed E-state index contributed by atoms with van der Waals surface area (Å²) in [5, 5.41) is 11.8. The molecule has 0 fully saturated rings. The molecule has 0 saturated carbocycles. The average Bonchev–Trinajstić information content (AvgIpc) is 2.54. The van der Waals surface area contributed by atoms with E-state index in [2.05, 4.69) is 37.9 Å². The molecule has 0 saturated heterocycles. The number of hydrogen-bond donors (Lipinski definition) is 0. The first-order valence-electron chi connectivity index (χ1n) is 3.34. The SMILES string of the molecule is Ic1cnn(-c2cccnn2)c1. The van der Waals surface area contributed by atoms with Crippen LogP contribution in [0.2, 0.25) is 0 Å². The van der Waals surface area contributed by atoms with E-state index >= 15 is 0 Å². The van der Waals surface area contributed by atoms with Crippen molar-refractivity contribution >= 4 is 22.6 Å². The molecular formula is C7H5IN4. The van der Waals surface area contributed by atoms with Gasteiger partial charge in [-0.3, -0.25) is 0 Å². The van der Waals surface area contributed by atoms with E-state index in [1.165, 1.54) is 0 Å². The van der Waals surface area contributed by atoms with Crippen LogP contribution in [0.25, 0.3) is 5.82 Å². The minimum atomic E-state index is 0.736. The van der Waals surface area contributed by atoms with Crippen LogP contribution in [0.1, 0.15) is 0 Å². The lowest BCUT2D eigenvalue weighted by Crippen LogP contribution is -1.97. The Labute approximate surface area is 82.8 Å². The summed E-state index contributed by atoms with van der Waals surface area (Å²) in [5.41, 5.74) is 0. The third kappa shape index (κ3) is 1.45. The number of rotatable bonds is 1. The lowest BCUT2D eigenvalue weighted by molar-refractivity contribution is 0.814. The van der Waals surface area contributed by atoms with Gasteiger partial charge in [0.05, 0.1) is 9.77 Å². The van der Waals surface area contributed by atoms with Crippen LogP contribution in [0.5, 0.6) is 0 Å². The van der Waals surface area contributed by atoms with Gasteiger partial charge >= 0.3 is 0 Å². The second-order valence-corrected chi connectivity index (χ2v) is 3.43. The van der Waals surface area contributed by atoms with Crippen molar-refractivity contribution in [3.8, 4) is 5.82 Å². The van der Waals surface area contributed by atoms with Gasteiger partial charge in [-0.25, -0.2) is 4.68 Å². The molecule has 0 radical (unpaired) electrons. The van der Waals surface area contributed by atoms with Gasteiger partial charge in [-0.2, -0.15) is 10.2 Å². The fraction of sp³-hybridized carbons (Fsp3) is 0. The number of halogens is 1. The quantitative estimate of drug-likeness (QED) is 0.734. The zero-order valence-corrected chi connectivity index (χ0v) is 8.21. The summed E-state index contributed by atoms with van der Waals surface area (Å²) in [6, 6.07) is 3.69. The van der Waals surface area contributed by atoms with Crippen LogP contribution in [0.4, 0.5) is 0 Å². The first-order chi connectivity index (χ1) is 5.86. The molecule has 0 atom stereocenters. The van der Waals surface area contributed by atoms with Gasteiger partial charge in [0.25, 0.3) is 0 Å². The molecule has 0 amide bonds. The number of nitrogens with zero attached hydrogens (tertiary/aromatic N) is 4. The normalized spacial score (nSPS) is 10.1. The Morgan fingerprint density at radius 2 is 2.33 bits per heavy atom. The van der Waals surface area contributed by atoms with Crippen molar-refractivity contribution in [2.75, 3.05) is 0 Å². The predicted octanol–water partition coefficient (Wildman–Crippen LogP) is 1.27. The van der Waals surface area contributed by atoms with E-state index in [-0.39, 0.29) is 0 Å². The molecule has 60 valence electrons.